The van der Waals surface area contributed by atoms with Gasteiger partial charge in [-0.25, -0.2) is 9.97 Å². The molecule has 0 fully saturated rings. The SMILES string of the molecule is CN=CC(C=N)c1cc2nccn2c(-c2cnn(C(CC#N)c3ccccc3Cl)c2)n1. The fourth-order valence-corrected chi connectivity index (χ4v) is 3.74. The van der Waals surface area contributed by atoms with Crippen LogP contribution in [0.1, 0.15) is 29.6 Å². The summed E-state index contributed by atoms with van der Waals surface area (Å²) < 4.78 is 3.60. The van der Waals surface area contributed by atoms with Gasteiger partial charge in [0.25, 0.3) is 0 Å². The van der Waals surface area contributed by atoms with Gasteiger partial charge in [-0.3, -0.25) is 14.1 Å². The van der Waals surface area contributed by atoms with Crippen molar-refractivity contribution in [1.29, 1.82) is 10.7 Å². The lowest BCUT2D eigenvalue weighted by atomic mass is 10.0. The van der Waals surface area contributed by atoms with Crippen LogP contribution in [0.2, 0.25) is 5.02 Å². The maximum atomic E-state index is 9.37. The van der Waals surface area contributed by atoms with E-state index in [0.717, 1.165) is 11.1 Å². The smallest absolute Gasteiger partial charge is 0.149 e. The minimum Gasteiger partial charge on any atom is -0.312 e. The third-order valence-corrected chi connectivity index (χ3v) is 5.31. The summed E-state index contributed by atoms with van der Waals surface area (Å²) in [5, 5.41) is 22.2. The van der Waals surface area contributed by atoms with E-state index >= 15 is 0 Å². The number of nitrogens with one attached hydrogen (secondary N) is 1. The normalized spacial score (nSPS) is 13.3. The average Bonchev–Trinajstić information content (AvgIpc) is 3.45. The topological polar surface area (TPSA) is 108 Å². The van der Waals surface area contributed by atoms with Crippen LogP contribution in [0.3, 0.4) is 0 Å². The number of aromatic nitrogens is 5. The lowest BCUT2D eigenvalue weighted by Crippen LogP contribution is -2.11. The Morgan fingerprint density at radius 3 is 2.94 bits per heavy atom. The zero-order valence-corrected chi connectivity index (χ0v) is 17.5. The van der Waals surface area contributed by atoms with Crippen LogP contribution in [0, 0.1) is 16.7 Å². The largest absolute Gasteiger partial charge is 0.312 e. The van der Waals surface area contributed by atoms with Gasteiger partial charge in [0.2, 0.25) is 0 Å². The van der Waals surface area contributed by atoms with Crippen molar-refractivity contribution in [3.05, 3.63) is 71.4 Å². The van der Waals surface area contributed by atoms with Gasteiger partial charge in [0.1, 0.15) is 11.5 Å². The van der Waals surface area contributed by atoms with Crippen LogP contribution in [0.15, 0.2) is 60.1 Å². The predicted molar refractivity (Wildman–Crippen MR) is 120 cm³/mol. The summed E-state index contributed by atoms with van der Waals surface area (Å²) in [5.41, 5.74) is 2.97. The van der Waals surface area contributed by atoms with Crippen molar-refractivity contribution in [3.63, 3.8) is 0 Å². The first-order valence-corrected chi connectivity index (χ1v) is 9.96. The number of hydrogen-bond donors (Lipinski definition) is 1. The number of hydrogen-bond acceptors (Lipinski definition) is 6. The Hall–Kier alpha value is -3.83. The molecule has 0 saturated carbocycles. The molecule has 0 aliphatic carbocycles. The van der Waals surface area contributed by atoms with Gasteiger partial charge in [-0.05, 0) is 11.6 Å². The predicted octanol–water partition coefficient (Wildman–Crippen LogP) is 4.18. The number of benzene rings is 1. The van der Waals surface area contributed by atoms with E-state index in [9.17, 15) is 5.26 Å². The zero-order valence-electron chi connectivity index (χ0n) is 16.7. The Kier molecular flexibility index (Phi) is 5.87. The highest BCUT2D eigenvalue weighted by molar-refractivity contribution is 6.31. The van der Waals surface area contributed by atoms with Crippen LogP contribution in [0.25, 0.3) is 17.0 Å². The van der Waals surface area contributed by atoms with Crippen molar-refractivity contribution in [2.24, 2.45) is 4.99 Å². The number of imidazole rings is 1. The Bertz CT molecular complexity index is 1300. The van der Waals surface area contributed by atoms with Crippen molar-refractivity contribution >= 4 is 29.7 Å². The summed E-state index contributed by atoms with van der Waals surface area (Å²) >= 11 is 6.38. The van der Waals surface area contributed by atoms with E-state index in [1.807, 2.05) is 41.1 Å². The Morgan fingerprint density at radius 2 is 2.19 bits per heavy atom. The van der Waals surface area contributed by atoms with Gasteiger partial charge < -0.3 is 5.41 Å². The van der Waals surface area contributed by atoms with Crippen molar-refractivity contribution in [2.75, 3.05) is 7.05 Å². The minimum atomic E-state index is -0.352. The van der Waals surface area contributed by atoms with Gasteiger partial charge in [-0.1, -0.05) is 29.8 Å². The molecule has 0 amide bonds. The number of halogens is 1. The molecule has 0 aliphatic rings. The number of rotatable bonds is 7. The highest BCUT2D eigenvalue weighted by Crippen LogP contribution is 2.30. The molecular formula is C22H19ClN8. The van der Waals surface area contributed by atoms with E-state index in [1.165, 1.54) is 6.21 Å². The lowest BCUT2D eigenvalue weighted by molar-refractivity contribution is 0.532. The monoisotopic (exact) mass is 430 g/mol. The lowest BCUT2D eigenvalue weighted by Gasteiger charge is -2.16. The molecule has 3 aromatic heterocycles. The Morgan fingerprint density at radius 1 is 1.35 bits per heavy atom. The van der Waals surface area contributed by atoms with Gasteiger partial charge in [0.05, 0.1) is 41.9 Å². The van der Waals surface area contributed by atoms with E-state index in [1.54, 1.807) is 36.4 Å². The average molecular weight is 431 g/mol. The molecule has 0 bridgehead atoms. The maximum absolute atomic E-state index is 9.37. The van der Waals surface area contributed by atoms with Gasteiger partial charge in [0.15, 0.2) is 0 Å². The highest BCUT2D eigenvalue weighted by Gasteiger charge is 2.20. The van der Waals surface area contributed by atoms with E-state index in [4.69, 9.17) is 22.0 Å². The maximum Gasteiger partial charge on any atom is 0.149 e. The zero-order chi connectivity index (χ0) is 21.8. The molecule has 31 heavy (non-hydrogen) atoms. The second-order valence-electron chi connectivity index (χ2n) is 6.87. The summed E-state index contributed by atoms with van der Waals surface area (Å²) in [6, 6.07) is 11.2. The molecule has 0 saturated heterocycles. The number of aliphatic imine (C=N–C) groups is 1. The summed E-state index contributed by atoms with van der Waals surface area (Å²) in [7, 11) is 1.67. The van der Waals surface area contributed by atoms with Crippen molar-refractivity contribution in [1.82, 2.24) is 24.1 Å². The van der Waals surface area contributed by atoms with E-state index in [-0.39, 0.29) is 18.4 Å². The van der Waals surface area contributed by atoms with Crippen molar-refractivity contribution < 1.29 is 0 Å². The quantitative estimate of drug-likeness (QED) is 0.443. The molecule has 1 aromatic carbocycles. The van der Waals surface area contributed by atoms with Gasteiger partial charge in [0, 0.05) is 49.2 Å². The van der Waals surface area contributed by atoms with Crippen LogP contribution in [0.5, 0.6) is 0 Å². The molecule has 2 atom stereocenters. The molecule has 0 spiro atoms. The standard InChI is InChI=1S/C22H19ClN8/c1-26-12-15(11-25)19-10-21-27-8-9-30(21)22(29-19)16-13-28-31(14-16)20(6-7-24)17-4-2-3-5-18(17)23/h2-5,8-15,20,25H,6H2,1H3. The molecule has 4 rings (SSSR count). The Labute approximate surface area is 184 Å². The molecule has 8 nitrogen and oxygen atoms in total. The second-order valence-corrected chi connectivity index (χ2v) is 7.28. The fraction of sp³-hybridized carbons (Fsp3) is 0.182. The first-order valence-electron chi connectivity index (χ1n) is 9.59. The van der Waals surface area contributed by atoms with Crippen molar-refractivity contribution in [2.45, 2.75) is 18.4 Å². The number of nitrogens with zero attached hydrogens (tertiary/aromatic N) is 7. The van der Waals surface area contributed by atoms with Crippen LogP contribution in [0.4, 0.5) is 0 Å². The molecule has 9 heteroatoms. The molecule has 2 unspecified atom stereocenters. The molecule has 154 valence electrons. The van der Waals surface area contributed by atoms with Gasteiger partial charge in [-0.15, -0.1) is 0 Å². The molecular weight excluding hydrogens is 412 g/mol. The minimum absolute atomic E-state index is 0.224. The third kappa shape index (κ3) is 3.96. The van der Waals surface area contributed by atoms with Crippen LogP contribution in [-0.2, 0) is 0 Å². The first kappa shape index (κ1) is 20.4. The van der Waals surface area contributed by atoms with Crippen LogP contribution < -0.4 is 0 Å². The summed E-state index contributed by atoms with van der Waals surface area (Å²) in [6.07, 6.45) is 10.3. The third-order valence-electron chi connectivity index (χ3n) is 4.97. The van der Waals surface area contributed by atoms with Gasteiger partial charge >= 0.3 is 0 Å². The molecule has 0 aliphatic heterocycles. The van der Waals surface area contributed by atoms with E-state index in [2.05, 4.69) is 21.1 Å². The summed E-state index contributed by atoms with van der Waals surface area (Å²) in [4.78, 5) is 13.2. The summed E-state index contributed by atoms with van der Waals surface area (Å²) in [5.74, 6) is 0.289. The highest BCUT2D eigenvalue weighted by atomic mass is 35.5. The molecule has 0 radical (unpaired) electrons. The van der Waals surface area contributed by atoms with E-state index in [0.29, 0.717) is 22.2 Å². The molecule has 3 heterocycles. The van der Waals surface area contributed by atoms with Crippen molar-refractivity contribution in [3.8, 4) is 17.5 Å². The van der Waals surface area contributed by atoms with Crippen LogP contribution in [-0.4, -0.2) is 43.6 Å². The fourth-order valence-electron chi connectivity index (χ4n) is 3.48. The number of nitriles is 1. The summed E-state index contributed by atoms with van der Waals surface area (Å²) in [6.45, 7) is 0. The number of fused-ring (bicyclic) bond motifs is 1. The first-order chi connectivity index (χ1) is 15.2. The Balaban J connectivity index is 1.81. The van der Waals surface area contributed by atoms with Crippen LogP contribution >= 0.6 is 11.6 Å². The molecule has 4 aromatic rings. The van der Waals surface area contributed by atoms with E-state index < -0.39 is 0 Å². The molecule has 1 N–H and O–H groups in total. The second kappa shape index (κ2) is 8.90. The van der Waals surface area contributed by atoms with Gasteiger partial charge in [-0.2, -0.15) is 10.4 Å².